The lowest BCUT2D eigenvalue weighted by molar-refractivity contribution is -0.148. The third-order valence-corrected chi connectivity index (χ3v) is 3.97. The van der Waals surface area contributed by atoms with E-state index in [2.05, 4.69) is 21.2 Å². The van der Waals surface area contributed by atoms with Crippen LogP contribution in [0.5, 0.6) is 0 Å². The normalized spacial score (nSPS) is 16.8. The Bertz CT molecular complexity index is 514. The summed E-state index contributed by atoms with van der Waals surface area (Å²) < 4.78 is 0.718. The Kier molecular flexibility index (Phi) is 3.64. The van der Waals surface area contributed by atoms with Crippen LogP contribution in [0.15, 0.2) is 22.7 Å². The molecule has 0 saturated heterocycles. The number of halogens is 2. The molecule has 1 amide bonds. The number of hydrogen-bond donors (Lipinski definition) is 2. The van der Waals surface area contributed by atoms with Crippen molar-refractivity contribution in [2.24, 2.45) is 0 Å². The summed E-state index contributed by atoms with van der Waals surface area (Å²) in [6.45, 7) is 0. The van der Waals surface area contributed by atoms with Crippen LogP contribution in [0.25, 0.3) is 0 Å². The van der Waals surface area contributed by atoms with Gasteiger partial charge in [-0.1, -0.05) is 27.5 Å². The second-order valence-electron chi connectivity index (χ2n) is 4.32. The highest BCUT2D eigenvalue weighted by atomic mass is 79.9. The van der Waals surface area contributed by atoms with Gasteiger partial charge in [0, 0.05) is 4.47 Å². The molecule has 0 heterocycles. The van der Waals surface area contributed by atoms with Crippen LogP contribution in [0.4, 0.5) is 0 Å². The third-order valence-electron chi connectivity index (χ3n) is 3.14. The summed E-state index contributed by atoms with van der Waals surface area (Å²) in [7, 11) is 0. The fourth-order valence-corrected chi connectivity index (χ4v) is 2.44. The Morgan fingerprint density at radius 2 is 2.06 bits per heavy atom. The van der Waals surface area contributed by atoms with E-state index in [9.17, 15) is 9.59 Å². The summed E-state index contributed by atoms with van der Waals surface area (Å²) in [6, 6.07) is 4.88. The van der Waals surface area contributed by atoms with E-state index in [1.165, 1.54) is 0 Å². The number of amides is 1. The molecule has 0 unspecified atom stereocenters. The second kappa shape index (κ2) is 4.90. The lowest BCUT2D eigenvalue weighted by Crippen LogP contribution is -2.59. The van der Waals surface area contributed by atoms with Gasteiger partial charge in [0.1, 0.15) is 5.54 Å². The molecule has 1 aliphatic rings. The van der Waals surface area contributed by atoms with E-state index in [-0.39, 0.29) is 5.56 Å². The van der Waals surface area contributed by atoms with E-state index in [0.29, 0.717) is 17.9 Å². The highest BCUT2D eigenvalue weighted by Crippen LogP contribution is 2.33. The van der Waals surface area contributed by atoms with Crippen molar-refractivity contribution in [2.45, 2.75) is 24.8 Å². The van der Waals surface area contributed by atoms with E-state index in [1.54, 1.807) is 18.2 Å². The molecule has 0 spiro atoms. The van der Waals surface area contributed by atoms with Crippen molar-refractivity contribution < 1.29 is 14.7 Å². The van der Waals surface area contributed by atoms with Gasteiger partial charge in [0.2, 0.25) is 0 Å². The zero-order valence-corrected chi connectivity index (χ0v) is 11.7. The molecule has 96 valence electrons. The molecule has 0 bridgehead atoms. The molecule has 1 aromatic carbocycles. The standard InChI is InChI=1S/C12H11BrClNO3/c13-7-2-3-9(14)8(6-7)10(16)15-12(11(17)18)4-1-5-12/h2-3,6H,1,4-5H2,(H,15,16)(H,17,18). The molecular formula is C12H11BrClNO3. The number of hydrogen-bond acceptors (Lipinski definition) is 2. The monoisotopic (exact) mass is 331 g/mol. The summed E-state index contributed by atoms with van der Waals surface area (Å²) >= 11 is 9.18. The average molecular weight is 333 g/mol. The molecule has 1 aromatic rings. The first-order valence-electron chi connectivity index (χ1n) is 5.45. The van der Waals surface area contributed by atoms with Gasteiger partial charge >= 0.3 is 5.97 Å². The van der Waals surface area contributed by atoms with Gasteiger partial charge in [-0.25, -0.2) is 4.79 Å². The van der Waals surface area contributed by atoms with Crippen LogP contribution in [-0.2, 0) is 4.79 Å². The van der Waals surface area contributed by atoms with Crippen molar-refractivity contribution in [3.63, 3.8) is 0 Å². The van der Waals surface area contributed by atoms with Gasteiger partial charge in [-0.15, -0.1) is 0 Å². The number of rotatable bonds is 3. The van der Waals surface area contributed by atoms with Crippen LogP contribution < -0.4 is 5.32 Å². The predicted octanol–water partition coefficient (Wildman–Crippen LogP) is 2.84. The number of carbonyl (C=O) groups excluding carboxylic acids is 1. The molecule has 0 aliphatic heterocycles. The molecule has 1 saturated carbocycles. The van der Waals surface area contributed by atoms with Crippen molar-refractivity contribution in [3.05, 3.63) is 33.3 Å². The number of carbonyl (C=O) groups is 2. The zero-order valence-electron chi connectivity index (χ0n) is 9.37. The zero-order chi connectivity index (χ0) is 13.3. The lowest BCUT2D eigenvalue weighted by atomic mass is 9.76. The van der Waals surface area contributed by atoms with E-state index in [0.717, 1.165) is 10.9 Å². The Hall–Kier alpha value is -1.07. The highest BCUT2D eigenvalue weighted by Gasteiger charge is 2.45. The Morgan fingerprint density at radius 3 is 2.56 bits per heavy atom. The Labute approximate surface area is 117 Å². The number of aliphatic carboxylic acids is 1. The number of nitrogens with one attached hydrogen (secondary N) is 1. The fraction of sp³-hybridized carbons (Fsp3) is 0.333. The topological polar surface area (TPSA) is 66.4 Å². The lowest BCUT2D eigenvalue weighted by Gasteiger charge is -2.38. The second-order valence-corrected chi connectivity index (χ2v) is 5.64. The number of carboxylic acids is 1. The molecule has 2 N–H and O–H groups in total. The fourth-order valence-electron chi connectivity index (χ4n) is 1.88. The van der Waals surface area contributed by atoms with Crippen LogP contribution in [0, 0.1) is 0 Å². The van der Waals surface area contributed by atoms with E-state index in [4.69, 9.17) is 16.7 Å². The van der Waals surface area contributed by atoms with Gasteiger partial charge in [-0.2, -0.15) is 0 Å². The first-order valence-corrected chi connectivity index (χ1v) is 6.63. The van der Waals surface area contributed by atoms with Gasteiger partial charge < -0.3 is 10.4 Å². The maximum atomic E-state index is 12.1. The minimum atomic E-state index is -1.12. The molecule has 6 heteroatoms. The molecule has 0 atom stereocenters. The number of benzene rings is 1. The van der Waals surface area contributed by atoms with Gasteiger partial charge in [0.15, 0.2) is 0 Å². The average Bonchev–Trinajstić information content (AvgIpc) is 2.26. The quantitative estimate of drug-likeness (QED) is 0.894. The van der Waals surface area contributed by atoms with Crippen LogP contribution in [-0.4, -0.2) is 22.5 Å². The van der Waals surface area contributed by atoms with Crippen LogP contribution in [0.2, 0.25) is 5.02 Å². The summed E-state index contributed by atoms with van der Waals surface area (Å²) in [5, 5.41) is 12.0. The van der Waals surface area contributed by atoms with Gasteiger partial charge in [0.05, 0.1) is 10.6 Å². The van der Waals surface area contributed by atoms with Crippen LogP contribution >= 0.6 is 27.5 Å². The first-order chi connectivity index (χ1) is 8.44. The van der Waals surface area contributed by atoms with Gasteiger partial charge in [-0.05, 0) is 37.5 Å². The molecule has 4 nitrogen and oxygen atoms in total. The molecular weight excluding hydrogens is 321 g/mol. The Morgan fingerprint density at radius 1 is 1.39 bits per heavy atom. The number of carboxylic acid groups (broad SMARTS) is 1. The maximum Gasteiger partial charge on any atom is 0.329 e. The van der Waals surface area contributed by atoms with E-state index >= 15 is 0 Å². The molecule has 0 radical (unpaired) electrons. The molecule has 1 aliphatic carbocycles. The van der Waals surface area contributed by atoms with E-state index in [1.807, 2.05) is 0 Å². The Balaban J connectivity index is 2.22. The van der Waals surface area contributed by atoms with E-state index < -0.39 is 17.4 Å². The molecule has 18 heavy (non-hydrogen) atoms. The summed E-state index contributed by atoms with van der Waals surface area (Å²) in [4.78, 5) is 23.2. The van der Waals surface area contributed by atoms with Gasteiger partial charge in [0.25, 0.3) is 5.91 Å². The van der Waals surface area contributed by atoms with Gasteiger partial charge in [-0.3, -0.25) is 4.79 Å². The van der Waals surface area contributed by atoms with Crippen molar-refractivity contribution in [1.82, 2.24) is 5.32 Å². The summed E-state index contributed by atoms with van der Waals surface area (Å²) in [5.74, 6) is -1.45. The maximum absolute atomic E-state index is 12.1. The molecule has 2 rings (SSSR count). The molecule has 0 aromatic heterocycles. The van der Waals surface area contributed by atoms with Crippen LogP contribution in [0.3, 0.4) is 0 Å². The minimum Gasteiger partial charge on any atom is -0.480 e. The van der Waals surface area contributed by atoms with Crippen molar-refractivity contribution in [1.29, 1.82) is 0 Å². The minimum absolute atomic E-state index is 0.276. The smallest absolute Gasteiger partial charge is 0.329 e. The summed E-state index contributed by atoms with van der Waals surface area (Å²) in [6.07, 6.45) is 1.72. The third kappa shape index (κ3) is 2.37. The van der Waals surface area contributed by atoms with Crippen molar-refractivity contribution in [3.8, 4) is 0 Å². The predicted molar refractivity (Wildman–Crippen MR) is 70.8 cm³/mol. The highest BCUT2D eigenvalue weighted by molar-refractivity contribution is 9.10. The van der Waals surface area contributed by atoms with Crippen LogP contribution in [0.1, 0.15) is 29.6 Å². The summed E-state index contributed by atoms with van der Waals surface area (Å²) in [5.41, 5.74) is -0.846. The molecule has 1 fully saturated rings. The van der Waals surface area contributed by atoms with Crippen molar-refractivity contribution in [2.75, 3.05) is 0 Å². The SMILES string of the molecule is O=C(NC1(C(=O)O)CCC1)c1cc(Br)ccc1Cl. The van der Waals surface area contributed by atoms with Crippen molar-refractivity contribution >= 4 is 39.4 Å². The first kappa shape index (κ1) is 13.4. The largest absolute Gasteiger partial charge is 0.480 e.